The standard InChI is InChI=1S/C24H26BNO6/c27-21-14-26(19-12-7-13-20(19)29-16-17-8-3-1-4-9-17)15-22(28)32-25(26,31-21)24-23(30-24)18-10-5-2-6-11-18/h1-6,8-11,19-20,23-24H,7,12-16H2/t19?,20-,23?,24?,25?,26?/m0/s1. The van der Waals surface area contributed by atoms with Gasteiger partial charge in [0.25, 0.3) is 0 Å². The molecule has 2 aromatic carbocycles. The summed E-state index contributed by atoms with van der Waals surface area (Å²) in [7, 11) is 0. The topological polar surface area (TPSA) is 74.4 Å². The van der Waals surface area contributed by atoms with Crippen molar-refractivity contribution in [2.45, 2.75) is 50.1 Å². The summed E-state index contributed by atoms with van der Waals surface area (Å²) in [6.07, 6.45) is 2.41. The number of fused-ring (bicyclic) bond motifs is 1. The molecule has 2 aromatic rings. The Bertz CT molecular complexity index is 1010. The lowest BCUT2D eigenvalue weighted by Gasteiger charge is -2.49. The van der Waals surface area contributed by atoms with Crippen LogP contribution < -0.4 is 0 Å². The van der Waals surface area contributed by atoms with Crippen LogP contribution in [0.25, 0.3) is 0 Å². The predicted molar refractivity (Wildman–Crippen MR) is 115 cm³/mol. The monoisotopic (exact) mass is 435 g/mol. The van der Waals surface area contributed by atoms with Crippen LogP contribution in [0.5, 0.6) is 0 Å². The Hall–Kier alpha value is -2.68. The fourth-order valence-corrected chi connectivity index (χ4v) is 6.23. The highest BCUT2D eigenvalue weighted by molar-refractivity contribution is 6.68. The Morgan fingerprint density at radius 1 is 0.906 bits per heavy atom. The number of nitrogens with zero attached hydrogens (tertiary/aromatic N) is 1. The summed E-state index contributed by atoms with van der Waals surface area (Å²) in [6, 6.07) is 19.4. The van der Waals surface area contributed by atoms with Crippen LogP contribution in [0.15, 0.2) is 60.7 Å². The Morgan fingerprint density at radius 2 is 1.56 bits per heavy atom. The van der Waals surface area contributed by atoms with Crippen molar-refractivity contribution in [2.75, 3.05) is 13.1 Å². The summed E-state index contributed by atoms with van der Waals surface area (Å²) in [4.78, 5) is 25.4. The summed E-state index contributed by atoms with van der Waals surface area (Å²) in [5, 5.41) is 0. The molecular formula is C24H26BNO6. The molecule has 166 valence electrons. The zero-order chi connectivity index (χ0) is 21.8. The first-order valence-electron chi connectivity index (χ1n) is 11.4. The van der Waals surface area contributed by atoms with Gasteiger partial charge >= 0.3 is 18.6 Å². The van der Waals surface area contributed by atoms with Gasteiger partial charge in [0.15, 0.2) is 0 Å². The number of carbonyl (C=O) groups excluding carboxylic acids is 2. The first-order chi connectivity index (χ1) is 15.6. The van der Waals surface area contributed by atoms with Gasteiger partial charge in [0.05, 0.1) is 18.8 Å². The minimum atomic E-state index is -2.30. The van der Waals surface area contributed by atoms with E-state index in [0.717, 1.165) is 30.4 Å². The molecule has 6 rings (SSSR count). The maximum Gasteiger partial charge on any atom is 0.615 e. The SMILES string of the molecule is O=C1C[N+]2(C3CCC[C@@H]3OCc3ccccc3)CC(=O)O[B-]2(C2OC2c2ccccc2)O1. The zero-order valence-corrected chi connectivity index (χ0v) is 17.8. The molecule has 3 unspecified atom stereocenters. The molecular weight excluding hydrogens is 409 g/mol. The zero-order valence-electron chi connectivity index (χ0n) is 17.8. The second-order valence-corrected chi connectivity index (χ2v) is 9.39. The smallest absolute Gasteiger partial charge is 0.598 e. The number of rotatable bonds is 6. The van der Waals surface area contributed by atoms with E-state index in [-0.39, 0.29) is 47.7 Å². The summed E-state index contributed by atoms with van der Waals surface area (Å²) in [5.41, 5.74) is 2.10. The molecule has 32 heavy (non-hydrogen) atoms. The van der Waals surface area contributed by atoms with Crippen LogP contribution in [-0.2, 0) is 35.0 Å². The van der Waals surface area contributed by atoms with Crippen molar-refractivity contribution in [3.63, 3.8) is 0 Å². The molecule has 3 heterocycles. The van der Waals surface area contributed by atoms with E-state index in [1.807, 2.05) is 60.7 Å². The molecule has 8 heteroatoms. The van der Waals surface area contributed by atoms with Gasteiger partial charge in [0.1, 0.15) is 25.2 Å². The number of epoxide rings is 1. The van der Waals surface area contributed by atoms with Crippen molar-refractivity contribution in [3.05, 3.63) is 71.8 Å². The highest BCUT2D eigenvalue weighted by Gasteiger charge is 2.79. The quantitative estimate of drug-likeness (QED) is 0.513. The van der Waals surface area contributed by atoms with Crippen molar-refractivity contribution in [1.82, 2.24) is 0 Å². The van der Waals surface area contributed by atoms with Crippen LogP contribution in [0, 0.1) is 0 Å². The largest absolute Gasteiger partial charge is 0.615 e. The molecule has 3 aliphatic heterocycles. The summed E-state index contributed by atoms with van der Waals surface area (Å²) >= 11 is 0. The number of hydrogen-bond donors (Lipinski definition) is 0. The molecule has 3 saturated heterocycles. The molecule has 0 radical (unpaired) electrons. The fraction of sp³-hybridized carbons (Fsp3) is 0.417. The molecule has 0 N–H and O–H groups in total. The van der Waals surface area contributed by atoms with Crippen molar-refractivity contribution >= 4 is 18.6 Å². The first-order valence-corrected chi connectivity index (χ1v) is 11.4. The summed E-state index contributed by atoms with van der Waals surface area (Å²) in [5.74, 6) is -0.651. The third-order valence-electron chi connectivity index (χ3n) is 7.62. The highest BCUT2D eigenvalue weighted by Crippen LogP contribution is 2.54. The van der Waals surface area contributed by atoms with E-state index in [0.29, 0.717) is 6.61 Å². The van der Waals surface area contributed by atoms with Crippen molar-refractivity contribution < 1.29 is 32.8 Å². The number of ether oxygens (including phenoxy) is 2. The molecule has 4 fully saturated rings. The van der Waals surface area contributed by atoms with Crippen molar-refractivity contribution in [2.24, 2.45) is 0 Å². The van der Waals surface area contributed by atoms with Gasteiger partial charge in [-0.25, -0.2) is 0 Å². The Kier molecular flexibility index (Phi) is 4.64. The number of quaternary nitrogens is 1. The van der Waals surface area contributed by atoms with Gasteiger partial charge in [0.2, 0.25) is 0 Å². The fourth-order valence-electron chi connectivity index (χ4n) is 6.23. The van der Waals surface area contributed by atoms with Gasteiger partial charge in [-0.15, -0.1) is 0 Å². The van der Waals surface area contributed by atoms with Gasteiger partial charge in [-0.05, 0) is 30.4 Å². The van der Waals surface area contributed by atoms with Crippen LogP contribution in [0.2, 0.25) is 0 Å². The van der Waals surface area contributed by atoms with Crippen LogP contribution in [0.3, 0.4) is 0 Å². The molecule has 0 aromatic heterocycles. The second kappa shape index (κ2) is 7.44. The first kappa shape index (κ1) is 20.0. The van der Waals surface area contributed by atoms with Gasteiger partial charge < -0.3 is 23.2 Å². The lowest BCUT2D eigenvalue weighted by atomic mass is 9.60. The molecule has 0 amide bonds. The summed E-state index contributed by atoms with van der Waals surface area (Å²) < 4.78 is 24.4. The third-order valence-corrected chi connectivity index (χ3v) is 7.62. The Balaban J connectivity index is 1.30. The van der Waals surface area contributed by atoms with E-state index in [9.17, 15) is 9.59 Å². The van der Waals surface area contributed by atoms with Crippen LogP contribution in [-0.4, -0.2) is 54.3 Å². The predicted octanol–water partition coefficient (Wildman–Crippen LogP) is 2.67. The Morgan fingerprint density at radius 3 is 2.25 bits per heavy atom. The average Bonchev–Trinajstić information content (AvgIpc) is 3.26. The van der Waals surface area contributed by atoms with E-state index in [1.54, 1.807) is 0 Å². The molecule has 0 bridgehead atoms. The molecule has 7 nitrogen and oxygen atoms in total. The number of carbonyl (C=O) groups is 2. The highest BCUT2D eigenvalue weighted by atomic mass is 16.7. The van der Waals surface area contributed by atoms with Gasteiger partial charge in [0, 0.05) is 0 Å². The van der Waals surface area contributed by atoms with Gasteiger partial charge in [-0.2, -0.15) is 0 Å². The van der Waals surface area contributed by atoms with Crippen LogP contribution in [0.1, 0.15) is 36.5 Å². The van der Waals surface area contributed by atoms with Gasteiger partial charge in [-0.1, -0.05) is 60.7 Å². The lowest BCUT2D eigenvalue weighted by Crippen LogP contribution is -2.71. The molecule has 1 aliphatic carbocycles. The van der Waals surface area contributed by atoms with Crippen molar-refractivity contribution in [1.29, 1.82) is 0 Å². The normalized spacial score (nSPS) is 37.8. The maximum absolute atomic E-state index is 12.7. The second-order valence-electron chi connectivity index (χ2n) is 9.39. The minimum absolute atomic E-state index is 0.0442. The molecule has 0 spiro atoms. The average molecular weight is 435 g/mol. The van der Waals surface area contributed by atoms with E-state index in [4.69, 9.17) is 18.8 Å². The van der Waals surface area contributed by atoms with Crippen LogP contribution in [0.4, 0.5) is 0 Å². The number of benzene rings is 2. The van der Waals surface area contributed by atoms with Gasteiger partial charge in [-0.3, -0.25) is 9.59 Å². The molecule has 4 atom stereocenters. The third kappa shape index (κ3) is 3.01. The van der Waals surface area contributed by atoms with E-state index in [2.05, 4.69) is 0 Å². The van der Waals surface area contributed by atoms with E-state index in [1.165, 1.54) is 0 Å². The molecule has 4 aliphatic rings. The number of hydrogen-bond acceptors (Lipinski definition) is 6. The van der Waals surface area contributed by atoms with Crippen LogP contribution >= 0.6 is 0 Å². The maximum atomic E-state index is 12.7. The molecule has 1 saturated carbocycles. The van der Waals surface area contributed by atoms with E-state index >= 15 is 0 Å². The minimum Gasteiger partial charge on any atom is -0.598 e. The Labute approximate surface area is 186 Å². The lowest BCUT2D eigenvalue weighted by molar-refractivity contribution is -0.846. The van der Waals surface area contributed by atoms with E-state index < -0.39 is 12.7 Å². The van der Waals surface area contributed by atoms with Crippen molar-refractivity contribution in [3.8, 4) is 0 Å². The summed E-state index contributed by atoms with van der Waals surface area (Å²) in [6.45, 7) is -1.55.